The Hall–Kier alpha value is -2.11. The Morgan fingerprint density at radius 1 is 1.12 bits per heavy atom. The van der Waals surface area contributed by atoms with Crippen molar-refractivity contribution in [1.82, 2.24) is 9.80 Å². The van der Waals surface area contributed by atoms with Crippen LogP contribution in [0.2, 0.25) is 0 Å². The molecule has 5 heteroatoms. The third-order valence-electron chi connectivity index (χ3n) is 4.79. The van der Waals surface area contributed by atoms with Gasteiger partial charge in [-0.15, -0.1) is 0 Å². The number of hydrogen-bond donors (Lipinski definition) is 1. The number of aliphatic hydroxyl groups is 1. The minimum absolute atomic E-state index is 0.0824. The van der Waals surface area contributed by atoms with Gasteiger partial charge in [-0.2, -0.15) is 0 Å². The molecule has 1 aromatic heterocycles. The highest BCUT2D eigenvalue weighted by Crippen LogP contribution is 2.20. The molecule has 1 aromatic carbocycles. The van der Waals surface area contributed by atoms with Crippen molar-refractivity contribution in [3.63, 3.8) is 0 Å². The van der Waals surface area contributed by atoms with Gasteiger partial charge in [0.25, 0.3) is 0 Å². The predicted molar refractivity (Wildman–Crippen MR) is 95.6 cm³/mol. The molecule has 1 amide bonds. The van der Waals surface area contributed by atoms with Crippen LogP contribution in [-0.2, 0) is 24.5 Å². The molecule has 2 aromatic rings. The van der Waals surface area contributed by atoms with Crippen LogP contribution in [0.25, 0.3) is 0 Å². The van der Waals surface area contributed by atoms with Gasteiger partial charge < -0.3 is 14.4 Å². The summed E-state index contributed by atoms with van der Waals surface area (Å²) in [5, 5.41) is 9.13. The number of furan rings is 1. The molecule has 0 unspecified atom stereocenters. The molecule has 1 aliphatic heterocycles. The average molecular weight is 342 g/mol. The first kappa shape index (κ1) is 17.7. The lowest BCUT2D eigenvalue weighted by atomic mass is 10.1. The third kappa shape index (κ3) is 4.50. The highest BCUT2D eigenvalue weighted by molar-refractivity contribution is 5.77. The highest BCUT2D eigenvalue weighted by Gasteiger charge is 2.29. The average Bonchev–Trinajstić information content (AvgIpc) is 3.04. The summed E-state index contributed by atoms with van der Waals surface area (Å²) in [4.78, 5) is 17.0. The number of benzene rings is 1. The molecule has 0 aliphatic carbocycles. The van der Waals surface area contributed by atoms with Gasteiger partial charge >= 0.3 is 0 Å². The number of carbonyl (C=O) groups is 1. The number of hydrogen-bond acceptors (Lipinski definition) is 4. The van der Waals surface area contributed by atoms with Crippen LogP contribution in [0.5, 0.6) is 0 Å². The van der Waals surface area contributed by atoms with Crippen molar-refractivity contribution < 1.29 is 14.3 Å². The number of amides is 1. The Morgan fingerprint density at radius 2 is 1.88 bits per heavy atom. The molecule has 0 saturated carbocycles. The van der Waals surface area contributed by atoms with E-state index in [0.717, 1.165) is 25.3 Å². The van der Waals surface area contributed by atoms with Crippen molar-refractivity contribution in [2.75, 3.05) is 13.1 Å². The minimum Gasteiger partial charge on any atom is -0.462 e. The molecular weight excluding hydrogens is 316 g/mol. The van der Waals surface area contributed by atoms with E-state index in [1.807, 2.05) is 29.2 Å². The van der Waals surface area contributed by atoms with Gasteiger partial charge in [-0.3, -0.25) is 9.69 Å². The molecular formula is C20H26N2O3. The van der Waals surface area contributed by atoms with Crippen LogP contribution >= 0.6 is 0 Å². The van der Waals surface area contributed by atoms with Gasteiger partial charge in [0.05, 0.1) is 6.54 Å². The van der Waals surface area contributed by atoms with E-state index in [1.54, 1.807) is 6.07 Å². The Labute approximate surface area is 148 Å². The number of aliphatic hydroxyl groups excluding tert-OH is 1. The van der Waals surface area contributed by atoms with Gasteiger partial charge in [-0.05, 0) is 24.1 Å². The van der Waals surface area contributed by atoms with Gasteiger partial charge in [-0.25, -0.2) is 0 Å². The van der Waals surface area contributed by atoms with E-state index >= 15 is 0 Å². The van der Waals surface area contributed by atoms with Gasteiger partial charge in [-0.1, -0.05) is 37.3 Å². The van der Waals surface area contributed by atoms with E-state index < -0.39 is 0 Å². The molecule has 2 heterocycles. The largest absolute Gasteiger partial charge is 0.462 e. The lowest BCUT2D eigenvalue weighted by molar-refractivity contribution is -0.133. The van der Waals surface area contributed by atoms with Crippen molar-refractivity contribution in [2.24, 2.45) is 0 Å². The topological polar surface area (TPSA) is 56.9 Å². The third-order valence-corrected chi connectivity index (χ3v) is 4.79. The molecule has 1 fully saturated rings. The summed E-state index contributed by atoms with van der Waals surface area (Å²) >= 11 is 0. The van der Waals surface area contributed by atoms with Crippen LogP contribution in [0.1, 0.15) is 36.8 Å². The fourth-order valence-corrected chi connectivity index (χ4v) is 3.39. The van der Waals surface area contributed by atoms with E-state index in [1.165, 1.54) is 5.56 Å². The van der Waals surface area contributed by atoms with Crippen molar-refractivity contribution in [1.29, 1.82) is 0 Å². The molecule has 1 saturated heterocycles. The zero-order chi connectivity index (χ0) is 17.6. The number of rotatable bonds is 6. The van der Waals surface area contributed by atoms with Crippen LogP contribution in [0.3, 0.4) is 0 Å². The Kier molecular flexibility index (Phi) is 5.89. The summed E-state index contributed by atoms with van der Waals surface area (Å²) in [6.07, 6.45) is 1.45. The monoisotopic (exact) mass is 342 g/mol. The minimum atomic E-state index is -0.0824. The molecule has 3 rings (SSSR count). The van der Waals surface area contributed by atoms with Crippen molar-refractivity contribution >= 4 is 5.91 Å². The van der Waals surface area contributed by atoms with E-state index in [0.29, 0.717) is 25.3 Å². The second kappa shape index (κ2) is 8.32. The molecule has 1 aliphatic rings. The summed E-state index contributed by atoms with van der Waals surface area (Å²) in [7, 11) is 0. The fraction of sp³-hybridized carbons (Fsp3) is 0.450. The molecule has 0 radical (unpaired) electrons. The Morgan fingerprint density at radius 3 is 2.56 bits per heavy atom. The Balaban J connectivity index is 1.69. The summed E-state index contributed by atoms with van der Waals surface area (Å²) in [5.74, 6) is 1.63. The van der Waals surface area contributed by atoms with Gasteiger partial charge in [0.2, 0.25) is 5.91 Å². The first-order chi connectivity index (χ1) is 12.2. The van der Waals surface area contributed by atoms with Crippen LogP contribution < -0.4 is 0 Å². The summed E-state index contributed by atoms with van der Waals surface area (Å²) in [5.41, 5.74) is 1.17. The van der Waals surface area contributed by atoms with E-state index in [2.05, 4.69) is 24.0 Å². The van der Waals surface area contributed by atoms with Crippen LogP contribution in [0.4, 0.5) is 0 Å². The zero-order valence-corrected chi connectivity index (χ0v) is 14.7. The van der Waals surface area contributed by atoms with E-state index in [-0.39, 0.29) is 18.6 Å². The van der Waals surface area contributed by atoms with Gasteiger partial charge in [0.1, 0.15) is 18.1 Å². The highest BCUT2D eigenvalue weighted by atomic mass is 16.4. The fourth-order valence-electron chi connectivity index (χ4n) is 3.39. The van der Waals surface area contributed by atoms with Crippen molar-refractivity contribution in [2.45, 2.75) is 45.5 Å². The molecule has 1 atom stereocenters. The molecule has 134 valence electrons. The normalized spacial score (nSPS) is 19.2. The van der Waals surface area contributed by atoms with Crippen LogP contribution in [0.15, 0.2) is 46.9 Å². The Bertz CT molecular complexity index is 683. The van der Waals surface area contributed by atoms with Crippen LogP contribution in [0, 0.1) is 0 Å². The quantitative estimate of drug-likeness (QED) is 0.877. The zero-order valence-electron chi connectivity index (χ0n) is 14.7. The maximum Gasteiger partial charge on any atom is 0.224 e. The van der Waals surface area contributed by atoms with Crippen molar-refractivity contribution in [3.05, 3.63) is 59.5 Å². The maximum atomic E-state index is 12.7. The summed E-state index contributed by atoms with van der Waals surface area (Å²) in [6.45, 7) is 4.96. The van der Waals surface area contributed by atoms with Gasteiger partial charge in [0.15, 0.2) is 0 Å². The maximum absolute atomic E-state index is 12.7. The first-order valence-electron chi connectivity index (χ1n) is 8.93. The molecule has 0 bridgehead atoms. The smallest absolute Gasteiger partial charge is 0.224 e. The van der Waals surface area contributed by atoms with Crippen molar-refractivity contribution in [3.8, 4) is 0 Å². The molecule has 1 N–H and O–H groups in total. The van der Waals surface area contributed by atoms with E-state index in [4.69, 9.17) is 9.52 Å². The van der Waals surface area contributed by atoms with Gasteiger partial charge in [0, 0.05) is 32.1 Å². The lowest BCUT2D eigenvalue weighted by Crippen LogP contribution is -2.42. The second-order valence-electron chi connectivity index (χ2n) is 6.58. The molecule has 5 nitrogen and oxygen atoms in total. The number of carbonyl (C=O) groups excluding carboxylic acids is 1. The second-order valence-corrected chi connectivity index (χ2v) is 6.58. The van der Waals surface area contributed by atoms with E-state index in [9.17, 15) is 4.79 Å². The SMILES string of the molecule is CC[C@@H]1CN(Cc2ccc(CO)o2)CCC(=O)N1Cc1ccccc1. The molecule has 0 spiro atoms. The predicted octanol–water partition coefficient (Wildman–Crippen LogP) is 2.79. The van der Waals surface area contributed by atoms with Crippen LogP contribution in [-0.4, -0.2) is 39.9 Å². The molecule has 25 heavy (non-hydrogen) atoms. The first-order valence-corrected chi connectivity index (χ1v) is 8.93. The number of nitrogens with zero attached hydrogens (tertiary/aromatic N) is 2. The standard InChI is InChI=1S/C20H26N2O3/c1-2-17-13-21(14-18-8-9-19(15-23)25-18)11-10-20(24)22(17)12-16-6-4-3-5-7-16/h3-9,17,23H,2,10-15H2,1H3/t17-/m1/s1. The summed E-state index contributed by atoms with van der Waals surface area (Å²) < 4.78 is 5.60. The lowest BCUT2D eigenvalue weighted by Gasteiger charge is -2.31. The summed E-state index contributed by atoms with van der Waals surface area (Å²) in [6, 6.07) is 14.1.